The standard InChI is InChI=1S/C20H19ClF3NO2/c1-12(2)27-17-8-7-15(11-16(17)20(22,23)24)25-18(26)19(9-10-19)13-3-5-14(21)6-4-13/h3-8,11-12H,9-10H2,1-2H3,(H,25,26). The maximum atomic E-state index is 13.4. The minimum atomic E-state index is -4.58. The second-order valence-corrected chi connectivity index (χ2v) is 7.35. The van der Waals surface area contributed by atoms with E-state index < -0.39 is 23.3 Å². The number of hydrogen-bond acceptors (Lipinski definition) is 2. The molecule has 1 N–H and O–H groups in total. The third-order valence-corrected chi connectivity index (χ3v) is 4.74. The molecule has 0 atom stereocenters. The monoisotopic (exact) mass is 397 g/mol. The van der Waals surface area contributed by atoms with E-state index in [4.69, 9.17) is 16.3 Å². The molecular weight excluding hydrogens is 379 g/mol. The van der Waals surface area contributed by atoms with E-state index in [1.807, 2.05) is 0 Å². The second-order valence-electron chi connectivity index (χ2n) is 6.92. The minimum Gasteiger partial charge on any atom is -0.490 e. The van der Waals surface area contributed by atoms with Gasteiger partial charge in [-0.05, 0) is 62.6 Å². The van der Waals surface area contributed by atoms with Crippen LogP contribution in [0.1, 0.15) is 37.8 Å². The summed E-state index contributed by atoms with van der Waals surface area (Å²) in [5, 5.41) is 3.18. The van der Waals surface area contributed by atoms with Crippen molar-refractivity contribution in [1.29, 1.82) is 0 Å². The third kappa shape index (κ3) is 4.21. The van der Waals surface area contributed by atoms with Crippen LogP contribution in [0.4, 0.5) is 18.9 Å². The van der Waals surface area contributed by atoms with Gasteiger partial charge in [-0.1, -0.05) is 23.7 Å². The molecule has 1 amide bonds. The average molecular weight is 398 g/mol. The van der Waals surface area contributed by atoms with Gasteiger partial charge in [0.05, 0.1) is 17.1 Å². The quantitative estimate of drug-likeness (QED) is 0.690. The van der Waals surface area contributed by atoms with Crippen LogP contribution in [0.2, 0.25) is 5.02 Å². The van der Waals surface area contributed by atoms with Crippen LogP contribution in [0.5, 0.6) is 5.75 Å². The van der Waals surface area contributed by atoms with E-state index in [0.717, 1.165) is 11.6 Å². The number of hydrogen-bond donors (Lipinski definition) is 1. The average Bonchev–Trinajstić information content (AvgIpc) is 3.37. The predicted octanol–water partition coefficient (Wildman–Crippen LogP) is 5.82. The summed E-state index contributed by atoms with van der Waals surface area (Å²) in [7, 11) is 0. The molecule has 144 valence electrons. The van der Waals surface area contributed by atoms with Gasteiger partial charge in [0.15, 0.2) is 0 Å². The van der Waals surface area contributed by atoms with Crippen LogP contribution in [0, 0.1) is 0 Å². The van der Waals surface area contributed by atoms with Crippen molar-refractivity contribution in [3.63, 3.8) is 0 Å². The summed E-state index contributed by atoms with van der Waals surface area (Å²) in [6, 6.07) is 10.5. The summed E-state index contributed by atoms with van der Waals surface area (Å²) in [5.41, 5.74) is -0.731. The van der Waals surface area contributed by atoms with Crippen molar-refractivity contribution >= 4 is 23.2 Å². The second kappa shape index (κ2) is 7.08. The van der Waals surface area contributed by atoms with Crippen molar-refractivity contribution in [2.24, 2.45) is 0 Å². The Hall–Kier alpha value is -2.21. The highest BCUT2D eigenvalue weighted by atomic mass is 35.5. The fraction of sp³-hybridized carbons (Fsp3) is 0.350. The summed E-state index contributed by atoms with van der Waals surface area (Å²) in [5.74, 6) is -0.579. The van der Waals surface area contributed by atoms with Crippen molar-refractivity contribution in [1.82, 2.24) is 0 Å². The van der Waals surface area contributed by atoms with Gasteiger partial charge in [-0.25, -0.2) is 0 Å². The lowest BCUT2D eigenvalue weighted by Gasteiger charge is -2.19. The molecule has 27 heavy (non-hydrogen) atoms. The van der Waals surface area contributed by atoms with Crippen LogP contribution in [-0.4, -0.2) is 12.0 Å². The molecule has 0 heterocycles. The molecule has 2 aromatic carbocycles. The first-order valence-electron chi connectivity index (χ1n) is 8.57. The van der Waals surface area contributed by atoms with Gasteiger partial charge >= 0.3 is 6.18 Å². The van der Waals surface area contributed by atoms with Gasteiger partial charge in [0.2, 0.25) is 5.91 Å². The summed E-state index contributed by atoms with van der Waals surface area (Å²) in [4.78, 5) is 12.7. The van der Waals surface area contributed by atoms with Gasteiger partial charge in [-0.3, -0.25) is 4.79 Å². The molecule has 3 rings (SSSR count). The number of nitrogens with one attached hydrogen (secondary N) is 1. The lowest BCUT2D eigenvalue weighted by molar-refractivity contribution is -0.139. The molecule has 2 aromatic rings. The van der Waals surface area contributed by atoms with Crippen LogP contribution >= 0.6 is 11.6 Å². The first-order valence-corrected chi connectivity index (χ1v) is 8.95. The molecule has 0 aromatic heterocycles. The number of rotatable bonds is 5. The molecule has 0 saturated heterocycles. The van der Waals surface area contributed by atoms with Gasteiger partial charge in [-0.2, -0.15) is 13.2 Å². The third-order valence-electron chi connectivity index (χ3n) is 4.49. The topological polar surface area (TPSA) is 38.3 Å². The normalized spacial score (nSPS) is 15.5. The van der Waals surface area contributed by atoms with Crippen LogP contribution in [0.25, 0.3) is 0 Å². The number of ether oxygens (including phenoxy) is 1. The lowest BCUT2D eigenvalue weighted by Crippen LogP contribution is -2.28. The van der Waals surface area contributed by atoms with Crippen molar-refractivity contribution in [2.45, 2.75) is 44.4 Å². The molecule has 1 fully saturated rings. The molecular formula is C20H19ClF3NO2. The van der Waals surface area contributed by atoms with E-state index in [2.05, 4.69) is 5.32 Å². The minimum absolute atomic E-state index is 0.0867. The summed E-state index contributed by atoms with van der Waals surface area (Å²) in [6.07, 6.45) is -3.70. The van der Waals surface area contributed by atoms with Crippen molar-refractivity contribution in [2.75, 3.05) is 5.32 Å². The Morgan fingerprint density at radius 1 is 1.15 bits per heavy atom. The number of halogens is 4. The van der Waals surface area contributed by atoms with E-state index in [1.54, 1.807) is 38.1 Å². The van der Waals surface area contributed by atoms with Crippen LogP contribution in [0.3, 0.4) is 0 Å². The Labute approximate surface area is 160 Å². The van der Waals surface area contributed by atoms with Crippen LogP contribution < -0.4 is 10.1 Å². The van der Waals surface area contributed by atoms with E-state index in [0.29, 0.717) is 17.9 Å². The molecule has 1 aliphatic rings. The van der Waals surface area contributed by atoms with Crippen molar-refractivity contribution < 1.29 is 22.7 Å². The number of benzene rings is 2. The Morgan fingerprint density at radius 2 is 1.78 bits per heavy atom. The fourth-order valence-electron chi connectivity index (χ4n) is 2.98. The molecule has 1 aliphatic carbocycles. The maximum absolute atomic E-state index is 13.4. The van der Waals surface area contributed by atoms with Crippen molar-refractivity contribution in [3.05, 3.63) is 58.6 Å². The molecule has 0 unspecified atom stereocenters. The molecule has 0 spiro atoms. The van der Waals surface area contributed by atoms with E-state index >= 15 is 0 Å². The highest BCUT2D eigenvalue weighted by Crippen LogP contribution is 2.49. The fourth-order valence-corrected chi connectivity index (χ4v) is 3.10. The Kier molecular flexibility index (Phi) is 5.12. The number of alkyl halides is 3. The summed E-state index contributed by atoms with van der Waals surface area (Å²) >= 11 is 5.88. The van der Waals surface area contributed by atoms with Gasteiger partial charge < -0.3 is 10.1 Å². The van der Waals surface area contributed by atoms with E-state index in [-0.39, 0.29) is 17.3 Å². The molecule has 0 radical (unpaired) electrons. The molecule has 3 nitrogen and oxygen atoms in total. The largest absolute Gasteiger partial charge is 0.490 e. The van der Waals surface area contributed by atoms with Crippen LogP contribution in [-0.2, 0) is 16.4 Å². The van der Waals surface area contributed by atoms with Gasteiger partial charge in [0.1, 0.15) is 5.75 Å². The zero-order valence-electron chi connectivity index (χ0n) is 14.9. The Morgan fingerprint density at radius 3 is 2.30 bits per heavy atom. The Balaban J connectivity index is 1.85. The zero-order valence-corrected chi connectivity index (χ0v) is 15.6. The lowest BCUT2D eigenvalue weighted by atomic mass is 9.95. The summed E-state index contributed by atoms with van der Waals surface area (Å²) < 4.78 is 45.3. The first kappa shape index (κ1) is 19.5. The SMILES string of the molecule is CC(C)Oc1ccc(NC(=O)C2(c3ccc(Cl)cc3)CC2)cc1C(F)(F)F. The number of carbonyl (C=O) groups is 1. The molecule has 7 heteroatoms. The summed E-state index contributed by atoms with van der Waals surface area (Å²) in [6.45, 7) is 3.30. The maximum Gasteiger partial charge on any atom is 0.420 e. The van der Waals surface area contributed by atoms with Gasteiger partial charge in [0.25, 0.3) is 0 Å². The van der Waals surface area contributed by atoms with E-state index in [1.165, 1.54) is 12.1 Å². The smallest absolute Gasteiger partial charge is 0.420 e. The number of amides is 1. The van der Waals surface area contributed by atoms with E-state index in [9.17, 15) is 18.0 Å². The number of anilines is 1. The highest BCUT2D eigenvalue weighted by Gasteiger charge is 2.51. The van der Waals surface area contributed by atoms with Crippen LogP contribution in [0.15, 0.2) is 42.5 Å². The zero-order chi connectivity index (χ0) is 19.8. The Bertz CT molecular complexity index is 843. The van der Waals surface area contributed by atoms with Gasteiger partial charge in [0, 0.05) is 10.7 Å². The molecule has 1 saturated carbocycles. The highest BCUT2D eigenvalue weighted by molar-refractivity contribution is 6.30. The first-order chi connectivity index (χ1) is 12.6. The molecule has 0 aliphatic heterocycles. The number of carbonyl (C=O) groups excluding carboxylic acids is 1. The molecule has 0 bridgehead atoms. The van der Waals surface area contributed by atoms with Gasteiger partial charge in [-0.15, -0.1) is 0 Å². The predicted molar refractivity (Wildman–Crippen MR) is 98.2 cm³/mol. The van der Waals surface area contributed by atoms with Crippen molar-refractivity contribution in [3.8, 4) is 5.75 Å².